The number of pyridine rings is 1. The minimum Gasteiger partial charge on any atom is -0.248 e. The van der Waals surface area contributed by atoms with Gasteiger partial charge in [0.15, 0.2) is 0 Å². The van der Waals surface area contributed by atoms with Crippen molar-refractivity contribution in [1.29, 1.82) is 0 Å². The fourth-order valence-electron chi connectivity index (χ4n) is 0.645. The van der Waals surface area contributed by atoms with E-state index < -0.39 is 0 Å². The molecule has 0 amide bonds. The number of thioether (sulfide) groups is 1. The van der Waals surface area contributed by atoms with E-state index in [0.717, 1.165) is 16.4 Å². The summed E-state index contributed by atoms with van der Waals surface area (Å²) in [4.78, 5) is 4.14. The Labute approximate surface area is 81.8 Å². The Bertz CT molecular complexity index is 268. The summed E-state index contributed by atoms with van der Waals surface area (Å²) in [5, 5.41) is 1.66. The largest absolute Gasteiger partial charge is 0.248 e. The van der Waals surface area contributed by atoms with Gasteiger partial charge in [-0.3, -0.25) is 0 Å². The van der Waals surface area contributed by atoms with Gasteiger partial charge in [0.05, 0.1) is 10.0 Å². The molecule has 64 valence electrons. The zero-order chi connectivity index (χ0) is 8.97. The first kappa shape index (κ1) is 9.62. The normalized spacial score (nSPS) is 9.83. The highest BCUT2D eigenvalue weighted by Gasteiger charge is 1.94. The van der Waals surface area contributed by atoms with Crippen LogP contribution in [0.25, 0.3) is 0 Å². The summed E-state index contributed by atoms with van der Waals surface area (Å²) in [6, 6.07) is 3.76. The average Bonchev–Trinajstić information content (AvgIpc) is 2.03. The van der Waals surface area contributed by atoms with Crippen LogP contribution in [0.3, 0.4) is 0 Å². The number of nitrogens with zero attached hydrogens (tertiary/aromatic N) is 1. The van der Waals surface area contributed by atoms with Crippen molar-refractivity contribution in [3.05, 3.63) is 35.5 Å². The quantitative estimate of drug-likeness (QED) is 0.547. The molecular weight excluding hydrogens is 190 g/mol. The summed E-state index contributed by atoms with van der Waals surface area (Å²) in [5.41, 5.74) is 1.15. The molecule has 0 bridgehead atoms. The highest BCUT2D eigenvalue weighted by atomic mass is 35.5. The first-order chi connectivity index (χ1) is 5.68. The second kappa shape index (κ2) is 4.53. The molecular formula is C9H10ClNS. The van der Waals surface area contributed by atoms with Crippen LogP contribution in [-0.2, 0) is 0 Å². The third-order valence-corrected chi connectivity index (χ3v) is 2.56. The van der Waals surface area contributed by atoms with Crippen molar-refractivity contribution < 1.29 is 0 Å². The summed E-state index contributed by atoms with van der Waals surface area (Å²) < 4.78 is 0. The standard InChI is InChI=1S/C9H10ClNS/c1-7(2)6-12-9-4-3-8(10)5-11-9/h3-5H,1,6H2,2H3. The van der Waals surface area contributed by atoms with Gasteiger partial charge in [-0.25, -0.2) is 4.98 Å². The van der Waals surface area contributed by atoms with E-state index in [4.69, 9.17) is 11.6 Å². The molecule has 1 aromatic heterocycles. The number of hydrogen-bond donors (Lipinski definition) is 0. The Balaban J connectivity index is 2.53. The van der Waals surface area contributed by atoms with Gasteiger partial charge < -0.3 is 0 Å². The first-order valence-electron chi connectivity index (χ1n) is 3.57. The molecule has 0 N–H and O–H groups in total. The predicted octanol–water partition coefficient (Wildman–Crippen LogP) is 3.40. The van der Waals surface area contributed by atoms with Gasteiger partial charge in [-0.2, -0.15) is 0 Å². The number of rotatable bonds is 3. The number of hydrogen-bond acceptors (Lipinski definition) is 2. The molecule has 0 aliphatic rings. The van der Waals surface area contributed by atoms with Crippen molar-refractivity contribution >= 4 is 23.4 Å². The van der Waals surface area contributed by atoms with Gasteiger partial charge in [0.2, 0.25) is 0 Å². The molecule has 0 aliphatic heterocycles. The van der Waals surface area contributed by atoms with Crippen LogP contribution in [-0.4, -0.2) is 10.7 Å². The predicted molar refractivity (Wildman–Crippen MR) is 54.8 cm³/mol. The molecule has 0 fully saturated rings. The third-order valence-electron chi connectivity index (χ3n) is 1.17. The lowest BCUT2D eigenvalue weighted by Crippen LogP contribution is -1.82. The molecule has 0 unspecified atom stereocenters. The summed E-state index contributed by atoms with van der Waals surface area (Å²) in [5.74, 6) is 0.911. The molecule has 1 aromatic rings. The van der Waals surface area contributed by atoms with Crippen molar-refractivity contribution in [2.24, 2.45) is 0 Å². The number of halogens is 1. The summed E-state index contributed by atoms with van der Waals surface area (Å²) in [6.07, 6.45) is 1.66. The Kier molecular flexibility index (Phi) is 3.63. The second-order valence-electron chi connectivity index (χ2n) is 2.56. The van der Waals surface area contributed by atoms with Crippen LogP contribution in [0, 0.1) is 0 Å². The third kappa shape index (κ3) is 3.28. The molecule has 1 nitrogen and oxygen atoms in total. The van der Waals surface area contributed by atoms with Crippen molar-refractivity contribution in [1.82, 2.24) is 4.98 Å². The van der Waals surface area contributed by atoms with Gasteiger partial charge in [0, 0.05) is 11.9 Å². The Morgan fingerprint density at radius 2 is 2.42 bits per heavy atom. The van der Waals surface area contributed by atoms with Gasteiger partial charge in [-0.15, -0.1) is 11.8 Å². The second-order valence-corrected chi connectivity index (χ2v) is 3.99. The smallest absolute Gasteiger partial charge is 0.0964 e. The maximum atomic E-state index is 5.69. The van der Waals surface area contributed by atoms with Crippen LogP contribution in [0.5, 0.6) is 0 Å². The molecule has 0 aliphatic carbocycles. The van der Waals surface area contributed by atoms with Crippen molar-refractivity contribution in [3.63, 3.8) is 0 Å². The van der Waals surface area contributed by atoms with Gasteiger partial charge in [0.25, 0.3) is 0 Å². The van der Waals surface area contributed by atoms with E-state index in [2.05, 4.69) is 11.6 Å². The van der Waals surface area contributed by atoms with Crippen LogP contribution in [0.15, 0.2) is 35.5 Å². The lowest BCUT2D eigenvalue weighted by atomic mass is 10.4. The summed E-state index contributed by atoms with van der Waals surface area (Å²) in [6.45, 7) is 5.82. The minimum atomic E-state index is 0.676. The average molecular weight is 200 g/mol. The van der Waals surface area contributed by atoms with E-state index in [1.54, 1.807) is 18.0 Å². The van der Waals surface area contributed by atoms with E-state index >= 15 is 0 Å². The van der Waals surface area contributed by atoms with E-state index in [1.807, 2.05) is 19.1 Å². The van der Waals surface area contributed by atoms with E-state index in [-0.39, 0.29) is 0 Å². The summed E-state index contributed by atoms with van der Waals surface area (Å²) in [7, 11) is 0. The maximum Gasteiger partial charge on any atom is 0.0964 e. The number of aromatic nitrogens is 1. The lowest BCUT2D eigenvalue weighted by molar-refractivity contribution is 1.13. The van der Waals surface area contributed by atoms with Gasteiger partial charge in [-0.05, 0) is 19.1 Å². The minimum absolute atomic E-state index is 0.676. The van der Waals surface area contributed by atoms with Crippen molar-refractivity contribution in [3.8, 4) is 0 Å². The molecule has 1 rings (SSSR count). The highest BCUT2D eigenvalue weighted by Crippen LogP contribution is 2.18. The molecule has 12 heavy (non-hydrogen) atoms. The lowest BCUT2D eigenvalue weighted by Gasteiger charge is -1.98. The fourth-order valence-corrected chi connectivity index (χ4v) is 1.44. The van der Waals surface area contributed by atoms with Crippen LogP contribution in [0.2, 0.25) is 5.02 Å². The van der Waals surface area contributed by atoms with Gasteiger partial charge in [-0.1, -0.05) is 23.8 Å². The zero-order valence-corrected chi connectivity index (χ0v) is 8.45. The highest BCUT2D eigenvalue weighted by molar-refractivity contribution is 7.99. The molecule has 0 saturated carbocycles. The molecule has 0 aromatic carbocycles. The van der Waals surface area contributed by atoms with Crippen LogP contribution in [0.1, 0.15) is 6.92 Å². The fraction of sp³-hybridized carbons (Fsp3) is 0.222. The molecule has 0 radical (unpaired) electrons. The first-order valence-corrected chi connectivity index (χ1v) is 4.93. The molecule has 0 saturated heterocycles. The maximum absolute atomic E-state index is 5.69. The Hall–Kier alpha value is -0.470. The van der Waals surface area contributed by atoms with Crippen LogP contribution in [0.4, 0.5) is 0 Å². The zero-order valence-electron chi connectivity index (χ0n) is 6.88. The topological polar surface area (TPSA) is 12.9 Å². The van der Waals surface area contributed by atoms with Gasteiger partial charge >= 0.3 is 0 Å². The monoisotopic (exact) mass is 199 g/mol. The van der Waals surface area contributed by atoms with Gasteiger partial charge in [0.1, 0.15) is 0 Å². The van der Waals surface area contributed by atoms with Crippen molar-refractivity contribution in [2.75, 3.05) is 5.75 Å². The molecule has 0 atom stereocenters. The van der Waals surface area contributed by atoms with Crippen LogP contribution < -0.4 is 0 Å². The van der Waals surface area contributed by atoms with E-state index in [9.17, 15) is 0 Å². The van der Waals surface area contributed by atoms with Crippen LogP contribution >= 0.6 is 23.4 Å². The molecule has 1 heterocycles. The Morgan fingerprint density at radius 1 is 1.67 bits per heavy atom. The van der Waals surface area contributed by atoms with E-state index in [0.29, 0.717) is 5.02 Å². The molecule has 0 spiro atoms. The SMILES string of the molecule is C=C(C)CSc1ccc(Cl)cn1. The Morgan fingerprint density at radius 3 is 2.92 bits per heavy atom. The van der Waals surface area contributed by atoms with E-state index in [1.165, 1.54) is 0 Å². The van der Waals surface area contributed by atoms with Crippen molar-refractivity contribution in [2.45, 2.75) is 11.9 Å². The molecule has 3 heteroatoms. The summed E-state index contributed by atoms with van der Waals surface area (Å²) >= 11 is 7.35.